The Kier molecular flexibility index (Phi) is 4.39. The van der Waals surface area contributed by atoms with E-state index in [2.05, 4.69) is 15.4 Å². The van der Waals surface area contributed by atoms with E-state index in [1.54, 1.807) is 0 Å². The van der Waals surface area contributed by atoms with Crippen LogP contribution in [0, 0.1) is 0 Å². The van der Waals surface area contributed by atoms with E-state index in [4.69, 9.17) is 4.74 Å². The first-order chi connectivity index (χ1) is 13.1. The zero-order valence-electron chi connectivity index (χ0n) is 14.2. The standard InChI is InChI=1S/C19H14N4O3S/c1-23-17(24)10-9-15(22-23)18(25)21-19-20-14-8-7-13(11-16(14)27-19)26-12-5-3-2-4-6-12/h2-11H,1H3,(H,20,21,25). The van der Waals surface area contributed by atoms with Gasteiger partial charge >= 0.3 is 0 Å². The van der Waals surface area contributed by atoms with Crippen LogP contribution in [0.3, 0.4) is 0 Å². The number of nitrogens with one attached hydrogen (secondary N) is 1. The Labute approximate surface area is 157 Å². The average molecular weight is 378 g/mol. The van der Waals surface area contributed by atoms with Gasteiger partial charge in [-0.3, -0.25) is 14.9 Å². The Bertz CT molecular complexity index is 1180. The summed E-state index contributed by atoms with van der Waals surface area (Å²) in [6.07, 6.45) is 0. The Hall–Kier alpha value is -3.52. The molecule has 1 N–H and O–H groups in total. The van der Waals surface area contributed by atoms with Crippen molar-refractivity contribution in [1.82, 2.24) is 14.8 Å². The van der Waals surface area contributed by atoms with Gasteiger partial charge in [0.25, 0.3) is 11.5 Å². The topological polar surface area (TPSA) is 86.1 Å². The summed E-state index contributed by atoms with van der Waals surface area (Å²) in [5.41, 5.74) is 0.617. The molecule has 0 aliphatic heterocycles. The zero-order valence-corrected chi connectivity index (χ0v) is 15.1. The molecule has 134 valence electrons. The minimum absolute atomic E-state index is 0.143. The summed E-state index contributed by atoms with van der Waals surface area (Å²) in [4.78, 5) is 28.1. The molecule has 0 saturated heterocycles. The van der Waals surface area contributed by atoms with Gasteiger partial charge in [-0.15, -0.1) is 0 Å². The second-order valence-electron chi connectivity index (χ2n) is 5.70. The lowest BCUT2D eigenvalue weighted by Gasteiger charge is -2.04. The maximum atomic E-state index is 12.3. The number of benzene rings is 2. The van der Waals surface area contributed by atoms with Crippen LogP contribution in [-0.2, 0) is 7.05 Å². The number of para-hydroxylation sites is 1. The summed E-state index contributed by atoms with van der Waals surface area (Å²) >= 11 is 1.33. The lowest BCUT2D eigenvalue weighted by molar-refractivity contribution is 0.102. The van der Waals surface area contributed by atoms with Gasteiger partial charge in [-0.25, -0.2) is 9.67 Å². The molecule has 0 spiro atoms. The maximum absolute atomic E-state index is 12.3. The van der Waals surface area contributed by atoms with E-state index in [9.17, 15) is 9.59 Å². The Morgan fingerprint density at radius 2 is 1.89 bits per heavy atom. The molecule has 1 amide bonds. The van der Waals surface area contributed by atoms with Crippen LogP contribution in [0.25, 0.3) is 10.2 Å². The first-order valence-electron chi connectivity index (χ1n) is 8.08. The second-order valence-corrected chi connectivity index (χ2v) is 6.73. The van der Waals surface area contributed by atoms with E-state index < -0.39 is 5.91 Å². The van der Waals surface area contributed by atoms with Gasteiger partial charge < -0.3 is 4.74 Å². The van der Waals surface area contributed by atoms with Crippen LogP contribution in [-0.4, -0.2) is 20.7 Å². The van der Waals surface area contributed by atoms with E-state index in [1.165, 1.54) is 30.5 Å². The molecule has 0 fully saturated rings. The number of hydrogen-bond acceptors (Lipinski definition) is 6. The van der Waals surface area contributed by atoms with Crippen molar-refractivity contribution in [3.63, 3.8) is 0 Å². The normalized spacial score (nSPS) is 10.7. The molecule has 0 atom stereocenters. The number of anilines is 1. The number of thiazole rings is 1. The van der Waals surface area contributed by atoms with E-state index >= 15 is 0 Å². The molecule has 0 aliphatic carbocycles. The maximum Gasteiger partial charge on any atom is 0.277 e. The number of amides is 1. The van der Waals surface area contributed by atoms with E-state index in [0.29, 0.717) is 10.9 Å². The van der Waals surface area contributed by atoms with Crippen LogP contribution >= 0.6 is 11.3 Å². The number of nitrogens with zero attached hydrogens (tertiary/aromatic N) is 3. The van der Waals surface area contributed by atoms with E-state index in [0.717, 1.165) is 20.6 Å². The zero-order chi connectivity index (χ0) is 18.8. The van der Waals surface area contributed by atoms with Gasteiger partial charge in [0.05, 0.1) is 10.2 Å². The number of hydrogen-bond donors (Lipinski definition) is 1. The lowest BCUT2D eigenvalue weighted by Crippen LogP contribution is -2.23. The highest BCUT2D eigenvalue weighted by atomic mass is 32.1. The molecule has 2 aromatic heterocycles. The molecular weight excluding hydrogens is 364 g/mol. The molecule has 0 unspecified atom stereocenters. The summed E-state index contributed by atoms with van der Waals surface area (Å²) < 4.78 is 7.81. The van der Waals surface area contributed by atoms with Crippen molar-refractivity contribution in [2.75, 3.05) is 5.32 Å². The second kappa shape index (κ2) is 7.00. The SMILES string of the molecule is Cn1nc(C(=O)Nc2nc3ccc(Oc4ccccc4)cc3s2)ccc1=O. The van der Waals surface area contributed by atoms with Crippen LogP contribution < -0.4 is 15.6 Å². The van der Waals surface area contributed by atoms with Crippen molar-refractivity contribution in [3.05, 3.63) is 76.7 Å². The number of ether oxygens (including phenoxy) is 1. The molecule has 0 aliphatic rings. The quantitative estimate of drug-likeness (QED) is 0.588. The van der Waals surface area contributed by atoms with Gasteiger partial charge in [-0.1, -0.05) is 29.5 Å². The van der Waals surface area contributed by atoms with Crippen molar-refractivity contribution in [2.24, 2.45) is 7.05 Å². The van der Waals surface area contributed by atoms with Gasteiger partial charge in [0, 0.05) is 19.2 Å². The largest absolute Gasteiger partial charge is 0.457 e. The first-order valence-corrected chi connectivity index (χ1v) is 8.89. The first kappa shape index (κ1) is 16.9. The molecule has 0 radical (unpaired) electrons. The van der Waals surface area contributed by atoms with Crippen LogP contribution in [0.15, 0.2) is 65.5 Å². The third kappa shape index (κ3) is 3.70. The fourth-order valence-electron chi connectivity index (χ4n) is 2.43. The van der Waals surface area contributed by atoms with Crippen molar-refractivity contribution in [1.29, 1.82) is 0 Å². The van der Waals surface area contributed by atoms with Gasteiger partial charge in [0.2, 0.25) is 0 Å². The minimum atomic E-state index is -0.426. The summed E-state index contributed by atoms with van der Waals surface area (Å²) in [7, 11) is 1.49. The number of fused-ring (bicyclic) bond motifs is 1. The highest BCUT2D eigenvalue weighted by molar-refractivity contribution is 7.22. The van der Waals surface area contributed by atoms with Crippen molar-refractivity contribution >= 4 is 32.6 Å². The molecule has 0 bridgehead atoms. The Morgan fingerprint density at radius 3 is 2.67 bits per heavy atom. The monoisotopic (exact) mass is 378 g/mol. The number of carbonyl (C=O) groups is 1. The van der Waals surface area contributed by atoms with Crippen molar-refractivity contribution in [2.45, 2.75) is 0 Å². The summed E-state index contributed by atoms with van der Waals surface area (Å²) in [5.74, 6) is 1.01. The molecule has 27 heavy (non-hydrogen) atoms. The van der Waals surface area contributed by atoms with E-state index in [1.807, 2.05) is 48.5 Å². The highest BCUT2D eigenvalue weighted by Gasteiger charge is 2.12. The van der Waals surface area contributed by atoms with Crippen LogP contribution in [0.2, 0.25) is 0 Å². The van der Waals surface area contributed by atoms with Gasteiger partial charge in [0.1, 0.15) is 17.2 Å². The number of aromatic nitrogens is 3. The van der Waals surface area contributed by atoms with E-state index in [-0.39, 0.29) is 11.3 Å². The fourth-order valence-corrected chi connectivity index (χ4v) is 3.32. The molecule has 2 heterocycles. The summed E-state index contributed by atoms with van der Waals surface area (Å²) in [5, 5.41) is 7.09. The predicted octanol–water partition coefficient (Wildman–Crippen LogP) is 3.43. The Balaban J connectivity index is 1.55. The van der Waals surface area contributed by atoms with Gasteiger partial charge in [-0.05, 0) is 30.3 Å². The molecule has 7 nitrogen and oxygen atoms in total. The molecule has 0 saturated carbocycles. The van der Waals surface area contributed by atoms with Gasteiger partial charge in [-0.2, -0.15) is 5.10 Å². The van der Waals surface area contributed by atoms with Crippen LogP contribution in [0.5, 0.6) is 11.5 Å². The van der Waals surface area contributed by atoms with Crippen molar-refractivity contribution in [3.8, 4) is 11.5 Å². The van der Waals surface area contributed by atoms with Crippen LogP contribution in [0.1, 0.15) is 10.5 Å². The van der Waals surface area contributed by atoms with Crippen LogP contribution in [0.4, 0.5) is 5.13 Å². The van der Waals surface area contributed by atoms with Gasteiger partial charge in [0.15, 0.2) is 5.13 Å². The summed E-state index contributed by atoms with van der Waals surface area (Å²) in [6.45, 7) is 0. The summed E-state index contributed by atoms with van der Waals surface area (Å²) in [6, 6.07) is 17.7. The fraction of sp³-hybridized carbons (Fsp3) is 0.0526. The molecular formula is C19H14N4O3S. The highest BCUT2D eigenvalue weighted by Crippen LogP contribution is 2.31. The predicted molar refractivity (Wildman–Crippen MR) is 104 cm³/mol. The minimum Gasteiger partial charge on any atom is -0.457 e. The third-order valence-corrected chi connectivity index (χ3v) is 4.69. The Morgan fingerprint density at radius 1 is 1.07 bits per heavy atom. The third-order valence-electron chi connectivity index (χ3n) is 3.75. The smallest absolute Gasteiger partial charge is 0.277 e. The number of aryl methyl sites for hydroxylation is 1. The lowest BCUT2D eigenvalue weighted by atomic mass is 10.3. The number of rotatable bonds is 4. The molecule has 4 rings (SSSR count). The average Bonchev–Trinajstić information content (AvgIpc) is 3.06. The molecule has 2 aromatic carbocycles. The number of carbonyl (C=O) groups excluding carboxylic acids is 1. The molecule has 4 aromatic rings. The molecule has 8 heteroatoms. The van der Waals surface area contributed by atoms with Crippen molar-refractivity contribution < 1.29 is 9.53 Å².